The van der Waals surface area contributed by atoms with Crippen molar-refractivity contribution in [2.24, 2.45) is 5.84 Å². The zero-order valence-electron chi connectivity index (χ0n) is 12.6. The van der Waals surface area contributed by atoms with Crippen LogP contribution in [0, 0.1) is 6.92 Å². The zero-order chi connectivity index (χ0) is 15.8. The lowest BCUT2D eigenvalue weighted by Crippen LogP contribution is -2.36. The van der Waals surface area contributed by atoms with Crippen LogP contribution >= 0.6 is 0 Å². The van der Waals surface area contributed by atoms with E-state index in [1.54, 1.807) is 32.0 Å². The van der Waals surface area contributed by atoms with Crippen LogP contribution in [-0.2, 0) is 16.1 Å². The molecule has 0 spiro atoms. The Morgan fingerprint density at radius 3 is 2.81 bits per heavy atom. The molecule has 1 aromatic rings. The Kier molecular flexibility index (Phi) is 6.86. The SMILES string of the molecule is COCCNC(=O)CN(C)Cc1cc(C(=O)NN)c(C)o1. The predicted octanol–water partition coefficient (Wildman–Crippen LogP) is -0.614. The second-order valence-corrected chi connectivity index (χ2v) is 4.67. The average Bonchev–Trinajstić information content (AvgIpc) is 2.78. The van der Waals surface area contributed by atoms with Crippen molar-refractivity contribution in [1.29, 1.82) is 0 Å². The first-order valence-corrected chi connectivity index (χ1v) is 6.52. The zero-order valence-corrected chi connectivity index (χ0v) is 12.6. The topological polar surface area (TPSA) is 110 Å². The number of rotatable bonds is 8. The summed E-state index contributed by atoms with van der Waals surface area (Å²) >= 11 is 0. The highest BCUT2D eigenvalue weighted by Gasteiger charge is 2.15. The van der Waals surface area contributed by atoms with Gasteiger partial charge < -0.3 is 14.5 Å². The molecule has 0 bridgehead atoms. The number of likely N-dealkylation sites (N-methyl/N-ethyl adjacent to an activating group) is 1. The van der Waals surface area contributed by atoms with Crippen LogP contribution < -0.4 is 16.6 Å². The first-order valence-electron chi connectivity index (χ1n) is 6.52. The molecule has 8 heteroatoms. The maximum atomic E-state index is 11.6. The first kappa shape index (κ1) is 17.2. The number of furan rings is 1. The van der Waals surface area contributed by atoms with Crippen molar-refractivity contribution in [3.63, 3.8) is 0 Å². The smallest absolute Gasteiger partial charge is 0.268 e. The molecule has 0 aromatic carbocycles. The molecule has 0 atom stereocenters. The van der Waals surface area contributed by atoms with Crippen LogP contribution in [0.1, 0.15) is 21.9 Å². The lowest BCUT2D eigenvalue weighted by atomic mass is 10.2. The lowest BCUT2D eigenvalue weighted by molar-refractivity contribution is -0.122. The van der Waals surface area contributed by atoms with Gasteiger partial charge in [0.2, 0.25) is 5.91 Å². The Labute approximate surface area is 123 Å². The van der Waals surface area contributed by atoms with Crippen molar-refractivity contribution in [3.8, 4) is 0 Å². The molecule has 8 nitrogen and oxygen atoms in total. The van der Waals surface area contributed by atoms with E-state index in [2.05, 4.69) is 10.7 Å². The Hall–Kier alpha value is -1.90. The summed E-state index contributed by atoms with van der Waals surface area (Å²) in [6, 6.07) is 1.62. The Morgan fingerprint density at radius 1 is 1.48 bits per heavy atom. The van der Waals surface area contributed by atoms with Crippen LogP contribution in [0.5, 0.6) is 0 Å². The highest BCUT2D eigenvalue weighted by atomic mass is 16.5. The number of methoxy groups -OCH3 is 1. The molecule has 0 radical (unpaired) electrons. The number of aryl methyl sites for hydroxylation is 1. The number of carbonyl (C=O) groups excluding carboxylic acids is 2. The number of nitrogens with two attached hydrogens (primary N) is 1. The van der Waals surface area contributed by atoms with Crippen molar-refractivity contribution < 1.29 is 18.7 Å². The van der Waals surface area contributed by atoms with E-state index >= 15 is 0 Å². The summed E-state index contributed by atoms with van der Waals surface area (Å²) in [6.45, 7) is 3.28. The number of nitrogen functional groups attached to an aromatic ring is 1. The molecular weight excluding hydrogens is 276 g/mol. The van der Waals surface area contributed by atoms with Crippen LogP contribution in [0.2, 0.25) is 0 Å². The molecule has 2 amide bonds. The Morgan fingerprint density at radius 2 is 2.19 bits per heavy atom. The van der Waals surface area contributed by atoms with Gasteiger partial charge in [0.05, 0.1) is 25.3 Å². The van der Waals surface area contributed by atoms with Crippen LogP contribution in [0.3, 0.4) is 0 Å². The van der Waals surface area contributed by atoms with Gasteiger partial charge in [0.15, 0.2) is 0 Å². The quantitative estimate of drug-likeness (QED) is 0.255. The second kappa shape index (κ2) is 8.40. The molecule has 0 aliphatic rings. The molecule has 0 fully saturated rings. The Bertz CT molecular complexity index is 487. The summed E-state index contributed by atoms with van der Waals surface area (Å²) in [6.07, 6.45) is 0. The van der Waals surface area contributed by atoms with Crippen molar-refractivity contribution in [3.05, 3.63) is 23.2 Å². The standard InChI is InChI=1S/C13H22N4O4/c1-9-11(13(19)16-14)6-10(21-9)7-17(2)8-12(18)15-4-5-20-3/h6H,4-5,7-8,14H2,1-3H3,(H,15,18)(H,16,19). The molecule has 1 aromatic heterocycles. The molecule has 1 rings (SSSR count). The van der Waals surface area contributed by atoms with Crippen LogP contribution in [0.25, 0.3) is 0 Å². The number of hydrogen-bond acceptors (Lipinski definition) is 6. The van der Waals surface area contributed by atoms with Crippen LogP contribution in [0.4, 0.5) is 0 Å². The molecule has 0 aliphatic carbocycles. The van der Waals surface area contributed by atoms with E-state index in [0.717, 1.165) is 0 Å². The van der Waals surface area contributed by atoms with Crippen LogP contribution in [0.15, 0.2) is 10.5 Å². The maximum Gasteiger partial charge on any atom is 0.268 e. The number of hydrazine groups is 1. The van der Waals surface area contributed by atoms with Crippen LogP contribution in [-0.4, -0.2) is 50.6 Å². The highest BCUT2D eigenvalue weighted by Crippen LogP contribution is 2.15. The van der Waals surface area contributed by atoms with Crippen molar-refractivity contribution in [1.82, 2.24) is 15.6 Å². The number of ether oxygens (including phenoxy) is 1. The summed E-state index contributed by atoms with van der Waals surface area (Å²) in [5.74, 6) is 5.68. The lowest BCUT2D eigenvalue weighted by Gasteiger charge is -2.14. The van der Waals surface area contributed by atoms with E-state index in [9.17, 15) is 9.59 Å². The Balaban J connectivity index is 2.49. The summed E-state index contributed by atoms with van der Waals surface area (Å²) in [5.41, 5.74) is 2.46. The van der Waals surface area contributed by atoms with Gasteiger partial charge in [0, 0.05) is 13.7 Å². The molecule has 4 N–H and O–H groups in total. The van der Waals surface area contributed by atoms with Gasteiger partial charge in [-0.1, -0.05) is 0 Å². The fraction of sp³-hybridized carbons (Fsp3) is 0.538. The monoisotopic (exact) mass is 298 g/mol. The minimum atomic E-state index is -0.400. The summed E-state index contributed by atoms with van der Waals surface area (Å²) < 4.78 is 10.3. The van der Waals surface area contributed by atoms with Gasteiger partial charge >= 0.3 is 0 Å². The van der Waals surface area contributed by atoms with E-state index in [1.807, 2.05) is 0 Å². The molecule has 0 unspecified atom stereocenters. The summed E-state index contributed by atoms with van der Waals surface area (Å²) in [7, 11) is 3.36. The van der Waals surface area contributed by atoms with Gasteiger partial charge in [-0.3, -0.25) is 19.9 Å². The van der Waals surface area contributed by atoms with Gasteiger partial charge in [-0.15, -0.1) is 0 Å². The highest BCUT2D eigenvalue weighted by molar-refractivity contribution is 5.94. The van der Waals surface area contributed by atoms with Crippen molar-refractivity contribution in [2.75, 3.05) is 33.9 Å². The van der Waals surface area contributed by atoms with Crippen molar-refractivity contribution >= 4 is 11.8 Å². The summed E-state index contributed by atoms with van der Waals surface area (Å²) in [5, 5.41) is 2.73. The van der Waals surface area contributed by atoms with E-state index in [-0.39, 0.29) is 12.5 Å². The second-order valence-electron chi connectivity index (χ2n) is 4.67. The molecule has 0 saturated carbocycles. The molecule has 0 aliphatic heterocycles. The minimum absolute atomic E-state index is 0.0993. The van der Waals surface area contributed by atoms with E-state index < -0.39 is 5.91 Å². The predicted molar refractivity (Wildman–Crippen MR) is 76.3 cm³/mol. The minimum Gasteiger partial charge on any atom is -0.464 e. The molecular formula is C13H22N4O4. The number of carbonyl (C=O) groups is 2. The molecule has 0 saturated heterocycles. The van der Waals surface area contributed by atoms with Gasteiger partial charge in [0.1, 0.15) is 11.5 Å². The summed E-state index contributed by atoms with van der Waals surface area (Å²) in [4.78, 5) is 24.9. The van der Waals surface area contributed by atoms with Crippen molar-refractivity contribution in [2.45, 2.75) is 13.5 Å². The maximum absolute atomic E-state index is 11.6. The molecule has 1 heterocycles. The largest absolute Gasteiger partial charge is 0.464 e. The van der Waals surface area contributed by atoms with Gasteiger partial charge in [-0.2, -0.15) is 0 Å². The fourth-order valence-corrected chi connectivity index (χ4v) is 1.84. The third kappa shape index (κ3) is 5.54. The normalized spacial score (nSPS) is 10.7. The number of amides is 2. The molecule has 21 heavy (non-hydrogen) atoms. The van der Waals surface area contributed by atoms with Gasteiger partial charge in [-0.25, -0.2) is 5.84 Å². The number of nitrogens with zero attached hydrogens (tertiary/aromatic N) is 1. The average molecular weight is 298 g/mol. The molecule has 118 valence electrons. The van der Waals surface area contributed by atoms with Gasteiger partial charge in [0.25, 0.3) is 5.91 Å². The van der Waals surface area contributed by atoms with E-state index in [4.69, 9.17) is 15.0 Å². The van der Waals surface area contributed by atoms with E-state index in [0.29, 0.717) is 36.8 Å². The third-order valence-corrected chi connectivity index (χ3v) is 2.81. The fourth-order valence-electron chi connectivity index (χ4n) is 1.84. The van der Waals surface area contributed by atoms with E-state index in [1.165, 1.54) is 0 Å². The first-order chi connectivity index (χ1) is 9.97. The number of nitrogens with one attached hydrogen (secondary N) is 2. The number of hydrogen-bond donors (Lipinski definition) is 3. The van der Waals surface area contributed by atoms with Gasteiger partial charge in [-0.05, 0) is 20.0 Å². The third-order valence-electron chi connectivity index (χ3n) is 2.81.